The molecule has 7 heteroatoms. The van der Waals surface area contributed by atoms with Gasteiger partial charge in [-0.1, -0.05) is 29.3 Å². The molecule has 0 aliphatic carbocycles. The molecule has 1 N–H and O–H groups in total. The molecule has 0 radical (unpaired) electrons. The Kier molecular flexibility index (Phi) is 5.90. The molecule has 0 fully saturated rings. The minimum atomic E-state index is -3.48. The van der Waals surface area contributed by atoms with Gasteiger partial charge in [-0.05, 0) is 71.0 Å². The first-order chi connectivity index (χ1) is 9.88. The van der Waals surface area contributed by atoms with Gasteiger partial charge in [0, 0.05) is 10.1 Å². The summed E-state index contributed by atoms with van der Waals surface area (Å²) in [6.45, 7) is 0.298. The van der Waals surface area contributed by atoms with Crippen LogP contribution in [-0.4, -0.2) is 15.0 Å². The van der Waals surface area contributed by atoms with E-state index < -0.39 is 10.0 Å². The largest absolute Gasteiger partial charge is 0.240 e. The quantitative estimate of drug-likeness (QED) is 0.689. The summed E-state index contributed by atoms with van der Waals surface area (Å²) in [7, 11) is -3.48. The molecule has 0 bridgehead atoms. The molecule has 21 heavy (non-hydrogen) atoms. The fourth-order valence-electron chi connectivity index (χ4n) is 1.72. The number of benzene rings is 2. The second-order valence-electron chi connectivity index (χ2n) is 4.35. The molecule has 2 aromatic rings. The van der Waals surface area contributed by atoms with Gasteiger partial charge in [-0.25, -0.2) is 13.1 Å². The molecule has 0 heterocycles. The Morgan fingerprint density at radius 2 is 1.67 bits per heavy atom. The van der Waals surface area contributed by atoms with Gasteiger partial charge in [0.1, 0.15) is 0 Å². The molecule has 2 rings (SSSR count). The predicted octanol–water partition coefficient (Wildman–Crippen LogP) is 4.12. The van der Waals surface area contributed by atoms with Gasteiger partial charge >= 0.3 is 0 Å². The maximum absolute atomic E-state index is 12.1. The zero-order valence-electron chi connectivity index (χ0n) is 10.8. The highest BCUT2D eigenvalue weighted by Gasteiger charge is 2.12. The Bertz CT molecular complexity index is 733. The van der Waals surface area contributed by atoms with Crippen molar-refractivity contribution in [1.29, 1.82) is 0 Å². The van der Waals surface area contributed by atoms with Crippen LogP contribution < -0.4 is 4.72 Å². The Labute approximate surface area is 147 Å². The van der Waals surface area contributed by atoms with Gasteiger partial charge in [0.2, 0.25) is 10.0 Å². The highest BCUT2D eigenvalue weighted by atomic mass is 127. The number of sulfonamides is 1. The van der Waals surface area contributed by atoms with Gasteiger partial charge in [-0.15, -0.1) is 0 Å². The lowest BCUT2D eigenvalue weighted by Crippen LogP contribution is -2.26. The second-order valence-corrected chi connectivity index (χ2v) is 8.18. The number of hydrogen-bond donors (Lipinski definition) is 1. The normalized spacial score (nSPS) is 11.6. The number of hydrogen-bond acceptors (Lipinski definition) is 2. The lowest BCUT2D eigenvalue weighted by atomic mass is 10.1. The molecule has 0 atom stereocenters. The van der Waals surface area contributed by atoms with E-state index in [0.29, 0.717) is 23.0 Å². The van der Waals surface area contributed by atoms with E-state index >= 15 is 0 Å². The van der Waals surface area contributed by atoms with Crippen molar-refractivity contribution in [3.8, 4) is 0 Å². The van der Waals surface area contributed by atoms with E-state index in [2.05, 4.69) is 27.3 Å². The van der Waals surface area contributed by atoms with E-state index in [1.165, 1.54) is 0 Å². The topological polar surface area (TPSA) is 46.2 Å². The third-order valence-electron chi connectivity index (χ3n) is 2.81. The summed E-state index contributed by atoms with van der Waals surface area (Å²) in [4.78, 5) is 0.261. The van der Waals surface area contributed by atoms with E-state index in [1.807, 2.05) is 6.07 Å². The van der Waals surface area contributed by atoms with Crippen molar-refractivity contribution in [2.45, 2.75) is 11.3 Å². The van der Waals surface area contributed by atoms with Gasteiger partial charge in [-0.3, -0.25) is 0 Å². The molecule has 0 amide bonds. The average molecular weight is 456 g/mol. The first-order valence-corrected chi connectivity index (χ1v) is 9.39. The van der Waals surface area contributed by atoms with Crippen molar-refractivity contribution in [3.63, 3.8) is 0 Å². The van der Waals surface area contributed by atoms with Crippen LogP contribution in [0.2, 0.25) is 10.0 Å². The fourth-order valence-corrected chi connectivity index (χ4v) is 3.43. The van der Waals surface area contributed by atoms with Crippen LogP contribution in [0, 0.1) is 3.57 Å². The summed E-state index contributed by atoms with van der Waals surface area (Å²) in [6, 6.07) is 12.0. The van der Waals surface area contributed by atoms with Crippen molar-refractivity contribution in [3.05, 3.63) is 61.6 Å². The van der Waals surface area contributed by atoms with E-state index in [0.717, 1.165) is 9.13 Å². The molecule has 0 aromatic heterocycles. The zero-order valence-corrected chi connectivity index (χ0v) is 15.3. The van der Waals surface area contributed by atoms with Gasteiger partial charge in [0.25, 0.3) is 0 Å². The van der Waals surface area contributed by atoms with Gasteiger partial charge in [-0.2, -0.15) is 0 Å². The fraction of sp³-hybridized carbons (Fsp3) is 0.143. The standard InChI is InChI=1S/C14H12Cl2INO2S/c15-13-6-1-10(9-14(13)16)7-8-18-21(19,20)12-4-2-11(17)3-5-12/h1-6,9,18H,7-8H2. The molecule has 112 valence electrons. The van der Waals surface area contributed by atoms with Crippen LogP contribution in [0.5, 0.6) is 0 Å². The third kappa shape index (κ3) is 4.82. The van der Waals surface area contributed by atoms with Crippen LogP contribution in [0.25, 0.3) is 0 Å². The smallest absolute Gasteiger partial charge is 0.211 e. The Morgan fingerprint density at radius 3 is 2.29 bits per heavy atom. The van der Waals surface area contributed by atoms with Crippen LogP contribution in [0.4, 0.5) is 0 Å². The molecule has 2 aromatic carbocycles. The van der Waals surface area contributed by atoms with Crippen molar-refractivity contribution in [2.24, 2.45) is 0 Å². The van der Waals surface area contributed by atoms with Crippen LogP contribution >= 0.6 is 45.8 Å². The average Bonchev–Trinajstić information content (AvgIpc) is 2.43. The molecule has 3 nitrogen and oxygen atoms in total. The maximum Gasteiger partial charge on any atom is 0.240 e. The Morgan fingerprint density at radius 1 is 1.00 bits per heavy atom. The van der Waals surface area contributed by atoms with Gasteiger partial charge in [0.05, 0.1) is 14.9 Å². The summed E-state index contributed by atoms with van der Waals surface area (Å²) in [5.74, 6) is 0. The molecule has 0 aliphatic heterocycles. The SMILES string of the molecule is O=S(=O)(NCCc1ccc(Cl)c(Cl)c1)c1ccc(I)cc1. The highest BCUT2D eigenvalue weighted by Crippen LogP contribution is 2.22. The van der Waals surface area contributed by atoms with E-state index in [-0.39, 0.29) is 4.90 Å². The van der Waals surface area contributed by atoms with E-state index in [9.17, 15) is 8.42 Å². The Hall–Kier alpha value is -0.340. The van der Waals surface area contributed by atoms with Crippen molar-refractivity contribution >= 4 is 55.8 Å². The van der Waals surface area contributed by atoms with Crippen molar-refractivity contribution < 1.29 is 8.42 Å². The van der Waals surface area contributed by atoms with Gasteiger partial charge in [0.15, 0.2) is 0 Å². The van der Waals surface area contributed by atoms with Crippen molar-refractivity contribution in [1.82, 2.24) is 4.72 Å². The van der Waals surface area contributed by atoms with E-state index in [4.69, 9.17) is 23.2 Å². The summed E-state index contributed by atoms with van der Waals surface area (Å²) in [5.41, 5.74) is 0.926. The van der Waals surface area contributed by atoms with Crippen LogP contribution in [-0.2, 0) is 16.4 Å². The number of rotatable bonds is 5. The summed E-state index contributed by atoms with van der Waals surface area (Å²) >= 11 is 13.9. The van der Waals surface area contributed by atoms with Crippen LogP contribution in [0.3, 0.4) is 0 Å². The lowest BCUT2D eigenvalue weighted by molar-refractivity contribution is 0.581. The summed E-state index contributed by atoms with van der Waals surface area (Å²) in [5, 5.41) is 0.953. The predicted molar refractivity (Wildman–Crippen MR) is 94.5 cm³/mol. The minimum Gasteiger partial charge on any atom is -0.211 e. The number of nitrogens with one attached hydrogen (secondary N) is 1. The maximum atomic E-state index is 12.1. The summed E-state index contributed by atoms with van der Waals surface area (Å²) in [6.07, 6.45) is 0.542. The molecular weight excluding hydrogens is 444 g/mol. The lowest BCUT2D eigenvalue weighted by Gasteiger charge is -2.07. The minimum absolute atomic E-state index is 0.261. The Balaban J connectivity index is 1.98. The number of halogens is 3. The third-order valence-corrected chi connectivity index (χ3v) is 5.75. The molecular formula is C14H12Cl2INO2S. The monoisotopic (exact) mass is 455 g/mol. The highest BCUT2D eigenvalue weighted by molar-refractivity contribution is 14.1. The molecule has 0 aliphatic rings. The molecule has 0 saturated carbocycles. The van der Waals surface area contributed by atoms with Crippen molar-refractivity contribution in [2.75, 3.05) is 6.54 Å². The zero-order chi connectivity index (χ0) is 15.5. The van der Waals surface area contributed by atoms with E-state index in [1.54, 1.807) is 36.4 Å². The first kappa shape index (κ1) is 17.0. The molecule has 0 spiro atoms. The first-order valence-electron chi connectivity index (χ1n) is 6.08. The van der Waals surface area contributed by atoms with Crippen LogP contribution in [0.1, 0.15) is 5.56 Å². The van der Waals surface area contributed by atoms with Gasteiger partial charge < -0.3 is 0 Å². The van der Waals surface area contributed by atoms with Crippen LogP contribution in [0.15, 0.2) is 47.4 Å². The summed E-state index contributed by atoms with van der Waals surface area (Å²) < 4.78 is 27.7. The molecule has 0 saturated heterocycles. The second kappa shape index (κ2) is 7.28. The molecule has 0 unspecified atom stereocenters.